The van der Waals surface area contributed by atoms with Crippen molar-refractivity contribution in [3.63, 3.8) is 0 Å². The van der Waals surface area contributed by atoms with Crippen LogP contribution >= 0.6 is 0 Å². The molecule has 1 aliphatic rings. The lowest BCUT2D eigenvalue weighted by molar-refractivity contribution is -0.134. The third-order valence-electron chi connectivity index (χ3n) is 4.95. The maximum atomic E-state index is 12.6. The Morgan fingerprint density at radius 1 is 1.11 bits per heavy atom. The van der Waals surface area contributed by atoms with Gasteiger partial charge in [-0.25, -0.2) is 0 Å². The summed E-state index contributed by atoms with van der Waals surface area (Å²) in [5.74, 6) is 0.424. The van der Waals surface area contributed by atoms with Crippen molar-refractivity contribution in [2.45, 2.75) is 39.8 Å². The standard InChI is InChI=1S/C19H28N6O2/c1-15-7-20-24(9-15)13-18(26)22(3)11-17-5-4-6-23(12-17)19(27)14-25-10-16(2)8-21-25/h7-10,17H,4-6,11-14H2,1-3H3/t17-/m0/s1. The number of aromatic nitrogens is 4. The van der Waals surface area contributed by atoms with E-state index in [0.717, 1.165) is 30.5 Å². The van der Waals surface area contributed by atoms with E-state index in [2.05, 4.69) is 10.2 Å². The van der Waals surface area contributed by atoms with Gasteiger partial charge in [-0.2, -0.15) is 10.2 Å². The highest BCUT2D eigenvalue weighted by Crippen LogP contribution is 2.18. The number of nitrogens with zero attached hydrogens (tertiary/aromatic N) is 6. The fourth-order valence-electron chi connectivity index (χ4n) is 3.53. The van der Waals surface area contributed by atoms with Gasteiger partial charge in [0.15, 0.2) is 0 Å². The van der Waals surface area contributed by atoms with E-state index in [1.807, 2.05) is 38.2 Å². The van der Waals surface area contributed by atoms with E-state index < -0.39 is 0 Å². The van der Waals surface area contributed by atoms with Gasteiger partial charge in [-0.05, 0) is 43.7 Å². The van der Waals surface area contributed by atoms with Crippen LogP contribution in [0.5, 0.6) is 0 Å². The summed E-state index contributed by atoms with van der Waals surface area (Å²) in [4.78, 5) is 28.6. The van der Waals surface area contributed by atoms with Gasteiger partial charge in [0.25, 0.3) is 0 Å². The van der Waals surface area contributed by atoms with Gasteiger partial charge in [-0.15, -0.1) is 0 Å². The van der Waals surface area contributed by atoms with Crippen LogP contribution in [0.4, 0.5) is 0 Å². The number of carbonyl (C=O) groups is 2. The zero-order valence-corrected chi connectivity index (χ0v) is 16.3. The van der Waals surface area contributed by atoms with Gasteiger partial charge in [-0.3, -0.25) is 19.0 Å². The molecule has 2 aromatic rings. The molecule has 0 aliphatic carbocycles. The second-order valence-corrected chi connectivity index (χ2v) is 7.55. The summed E-state index contributed by atoms with van der Waals surface area (Å²) in [6, 6.07) is 0. The Kier molecular flexibility index (Phi) is 5.93. The molecule has 8 nitrogen and oxygen atoms in total. The highest BCUT2D eigenvalue weighted by atomic mass is 16.2. The number of carbonyl (C=O) groups excluding carboxylic acids is 2. The second kappa shape index (κ2) is 8.37. The van der Waals surface area contributed by atoms with Gasteiger partial charge in [0, 0.05) is 39.1 Å². The number of likely N-dealkylation sites (tertiary alicyclic amines) is 1. The van der Waals surface area contributed by atoms with E-state index in [-0.39, 0.29) is 24.9 Å². The number of amides is 2. The topological polar surface area (TPSA) is 76.3 Å². The van der Waals surface area contributed by atoms with Gasteiger partial charge in [-0.1, -0.05) is 0 Å². The van der Waals surface area contributed by atoms with Gasteiger partial charge < -0.3 is 9.80 Å². The number of likely N-dealkylation sites (N-methyl/N-ethyl adjacent to an activating group) is 1. The number of hydrogen-bond acceptors (Lipinski definition) is 4. The summed E-state index contributed by atoms with van der Waals surface area (Å²) in [5, 5.41) is 8.36. The van der Waals surface area contributed by atoms with Crippen molar-refractivity contribution >= 4 is 11.8 Å². The van der Waals surface area contributed by atoms with Crippen LogP contribution in [0.1, 0.15) is 24.0 Å². The van der Waals surface area contributed by atoms with Crippen molar-refractivity contribution < 1.29 is 9.59 Å². The van der Waals surface area contributed by atoms with E-state index in [9.17, 15) is 9.59 Å². The average Bonchev–Trinajstić information content (AvgIpc) is 3.23. The first-order valence-electron chi connectivity index (χ1n) is 9.40. The molecule has 146 valence electrons. The predicted molar refractivity (Wildman–Crippen MR) is 101 cm³/mol. The van der Waals surface area contributed by atoms with Crippen molar-refractivity contribution in [2.75, 3.05) is 26.7 Å². The van der Waals surface area contributed by atoms with Crippen LogP contribution in [-0.4, -0.2) is 67.9 Å². The molecule has 0 saturated carbocycles. The fourth-order valence-corrected chi connectivity index (χ4v) is 3.53. The van der Waals surface area contributed by atoms with Crippen molar-refractivity contribution in [2.24, 2.45) is 5.92 Å². The van der Waals surface area contributed by atoms with Gasteiger partial charge in [0.1, 0.15) is 13.1 Å². The van der Waals surface area contributed by atoms with Crippen molar-refractivity contribution in [1.29, 1.82) is 0 Å². The summed E-state index contributed by atoms with van der Waals surface area (Å²) < 4.78 is 3.35. The average molecular weight is 372 g/mol. The van der Waals surface area contributed by atoms with Crippen molar-refractivity contribution in [3.05, 3.63) is 35.9 Å². The van der Waals surface area contributed by atoms with E-state index in [1.165, 1.54) is 0 Å². The van der Waals surface area contributed by atoms with Crippen LogP contribution in [0.3, 0.4) is 0 Å². The first kappa shape index (κ1) is 19.1. The molecule has 0 spiro atoms. The third-order valence-corrected chi connectivity index (χ3v) is 4.95. The summed E-state index contributed by atoms with van der Waals surface area (Å²) in [7, 11) is 1.83. The SMILES string of the molecule is Cc1cnn(CC(=O)N(C)C[C@@H]2CCCN(C(=O)Cn3cc(C)cn3)C2)c1. The van der Waals surface area contributed by atoms with Crippen molar-refractivity contribution in [1.82, 2.24) is 29.4 Å². The van der Waals surface area contributed by atoms with Crippen molar-refractivity contribution in [3.8, 4) is 0 Å². The van der Waals surface area contributed by atoms with Crippen LogP contribution in [0.2, 0.25) is 0 Å². The molecule has 1 saturated heterocycles. The maximum Gasteiger partial charge on any atom is 0.244 e. The Labute approximate surface area is 159 Å². The van der Waals surface area contributed by atoms with E-state index in [4.69, 9.17) is 0 Å². The summed E-state index contributed by atoms with van der Waals surface area (Å²) in [5.41, 5.74) is 2.09. The summed E-state index contributed by atoms with van der Waals surface area (Å²) in [6.07, 6.45) is 9.25. The van der Waals surface area contributed by atoms with Crippen LogP contribution < -0.4 is 0 Å². The number of piperidine rings is 1. The molecule has 3 heterocycles. The van der Waals surface area contributed by atoms with Crippen LogP contribution in [-0.2, 0) is 22.7 Å². The summed E-state index contributed by atoms with van der Waals surface area (Å²) >= 11 is 0. The Hall–Kier alpha value is -2.64. The Balaban J connectivity index is 1.49. The smallest absolute Gasteiger partial charge is 0.244 e. The molecule has 0 unspecified atom stereocenters. The van der Waals surface area contributed by atoms with Crippen LogP contribution in [0.25, 0.3) is 0 Å². The predicted octanol–water partition coefficient (Wildman–Crippen LogP) is 1.09. The lowest BCUT2D eigenvalue weighted by atomic mass is 9.97. The molecular weight excluding hydrogens is 344 g/mol. The first-order valence-corrected chi connectivity index (χ1v) is 9.40. The molecule has 0 N–H and O–H groups in total. The van der Waals surface area contributed by atoms with Crippen LogP contribution in [0, 0.1) is 19.8 Å². The third kappa shape index (κ3) is 5.18. The van der Waals surface area contributed by atoms with E-state index in [0.29, 0.717) is 19.0 Å². The normalized spacial score (nSPS) is 17.1. The quantitative estimate of drug-likeness (QED) is 0.761. The zero-order valence-electron chi connectivity index (χ0n) is 16.3. The molecular formula is C19H28N6O2. The molecule has 0 radical (unpaired) electrons. The van der Waals surface area contributed by atoms with E-state index in [1.54, 1.807) is 26.7 Å². The van der Waals surface area contributed by atoms with Gasteiger partial charge >= 0.3 is 0 Å². The minimum Gasteiger partial charge on any atom is -0.344 e. The van der Waals surface area contributed by atoms with Gasteiger partial charge in [0.05, 0.1) is 12.4 Å². The lowest BCUT2D eigenvalue weighted by Crippen LogP contribution is -2.45. The van der Waals surface area contributed by atoms with E-state index >= 15 is 0 Å². The van der Waals surface area contributed by atoms with Crippen LogP contribution in [0.15, 0.2) is 24.8 Å². The fraction of sp³-hybridized carbons (Fsp3) is 0.579. The molecule has 27 heavy (non-hydrogen) atoms. The molecule has 1 aliphatic heterocycles. The highest BCUT2D eigenvalue weighted by molar-refractivity contribution is 5.76. The zero-order chi connectivity index (χ0) is 19.4. The second-order valence-electron chi connectivity index (χ2n) is 7.55. The number of hydrogen-bond donors (Lipinski definition) is 0. The molecule has 1 atom stereocenters. The Morgan fingerprint density at radius 2 is 1.74 bits per heavy atom. The maximum absolute atomic E-state index is 12.6. The summed E-state index contributed by atoms with van der Waals surface area (Å²) in [6.45, 7) is 6.56. The lowest BCUT2D eigenvalue weighted by Gasteiger charge is -2.34. The molecule has 0 aromatic carbocycles. The highest BCUT2D eigenvalue weighted by Gasteiger charge is 2.26. The Morgan fingerprint density at radius 3 is 2.33 bits per heavy atom. The molecule has 3 rings (SSSR count). The largest absolute Gasteiger partial charge is 0.344 e. The van der Waals surface area contributed by atoms with Gasteiger partial charge in [0.2, 0.25) is 11.8 Å². The first-order chi connectivity index (χ1) is 12.9. The monoisotopic (exact) mass is 372 g/mol. The molecule has 1 fully saturated rings. The molecule has 0 bridgehead atoms. The number of rotatable bonds is 6. The molecule has 8 heteroatoms. The number of aryl methyl sites for hydroxylation is 2. The minimum atomic E-state index is 0.0357. The Bertz CT molecular complexity index is 794. The molecule has 2 aromatic heterocycles. The molecule has 2 amide bonds. The minimum absolute atomic E-state index is 0.0357.